The van der Waals surface area contributed by atoms with Crippen LogP contribution in [0.2, 0.25) is 0 Å². The van der Waals surface area contributed by atoms with E-state index in [0.717, 1.165) is 19.3 Å². The summed E-state index contributed by atoms with van der Waals surface area (Å²) < 4.78 is 0. The maximum absolute atomic E-state index is 11.8. The van der Waals surface area contributed by atoms with Crippen LogP contribution in [0.5, 0.6) is 5.75 Å². The highest BCUT2D eigenvalue weighted by atomic mass is 16.3. The Hall–Kier alpha value is -1.55. The molecule has 4 heteroatoms. The van der Waals surface area contributed by atoms with E-state index in [-0.39, 0.29) is 23.7 Å². The van der Waals surface area contributed by atoms with Crippen molar-refractivity contribution in [2.45, 2.75) is 19.3 Å². The molecular formula is C13H17NO3. The van der Waals surface area contributed by atoms with Crippen molar-refractivity contribution in [3.63, 3.8) is 0 Å². The molecule has 0 aromatic heterocycles. The molecule has 1 amide bonds. The molecule has 1 aliphatic carbocycles. The average Bonchev–Trinajstić information content (AvgIpc) is 3.08. The lowest BCUT2D eigenvalue weighted by Crippen LogP contribution is -2.30. The van der Waals surface area contributed by atoms with E-state index >= 15 is 0 Å². The molecule has 1 aromatic rings. The van der Waals surface area contributed by atoms with Crippen LogP contribution in [0.3, 0.4) is 0 Å². The van der Waals surface area contributed by atoms with Crippen molar-refractivity contribution in [3.05, 3.63) is 29.8 Å². The first-order valence-electron chi connectivity index (χ1n) is 5.84. The van der Waals surface area contributed by atoms with E-state index < -0.39 is 0 Å². The summed E-state index contributed by atoms with van der Waals surface area (Å²) in [6, 6.07) is 6.49. The van der Waals surface area contributed by atoms with Crippen LogP contribution in [-0.4, -0.2) is 29.3 Å². The minimum Gasteiger partial charge on any atom is -0.507 e. The van der Waals surface area contributed by atoms with Gasteiger partial charge in [-0.2, -0.15) is 0 Å². The molecule has 0 bridgehead atoms. The molecule has 1 aromatic carbocycles. The molecular weight excluding hydrogens is 218 g/mol. The Morgan fingerprint density at radius 1 is 1.35 bits per heavy atom. The van der Waals surface area contributed by atoms with Crippen molar-refractivity contribution in [2.24, 2.45) is 5.41 Å². The summed E-state index contributed by atoms with van der Waals surface area (Å²) in [7, 11) is 0. The number of aromatic hydroxyl groups is 1. The number of phenols is 1. The number of hydrogen-bond acceptors (Lipinski definition) is 3. The monoisotopic (exact) mass is 235 g/mol. The van der Waals surface area contributed by atoms with Crippen LogP contribution in [-0.2, 0) is 0 Å². The smallest absolute Gasteiger partial charge is 0.255 e. The fraction of sp³-hybridized carbons (Fsp3) is 0.462. The third kappa shape index (κ3) is 2.77. The predicted molar refractivity (Wildman–Crippen MR) is 63.8 cm³/mol. The molecule has 92 valence electrons. The van der Waals surface area contributed by atoms with Crippen LogP contribution in [0.4, 0.5) is 0 Å². The molecule has 1 fully saturated rings. The van der Waals surface area contributed by atoms with E-state index in [9.17, 15) is 9.90 Å². The number of carbonyl (C=O) groups excluding carboxylic acids is 1. The Morgan fingerprint density at radius 3 is 2.65 bits per heavy atom. The molecule has 0 atom stereocenters. The Morgan fingerprint density at radius 2 is 2.06 bits per heavy atom. The minimum absolute atomic E-state index is 0.00277. The fourth-order valence-corrected chi connectivity index (χ4v) is 1.96. The summed E-state index contributed by atoms with van der Waals surface area (Å²) >= 11 is 0. The topological polar surface area (TPSA) is 69.6 Å². The number of phenolic OH excluding ortho intramolecular Hbond substituents is 1. The average molecular weight is 235 g/mol. The van der Waals surface area contributed by atoms with Gasteiger partial charge in [-0.3, -0.25) is 4.79 Å². The van der Waals surface area contributed by atoms with E-state index in [4.69, 9.17) is 5.11 Å². The first-order chi connectivity index (χ1) is 8.17. The maximum atomic E-state index is 11.8. The lowest BCUT2D eigenvalue weighted by Gasteiger charge is -2.14. The number of aliphatic hydroxyl groups excluding tert-OH is 1. The van der Waals surface area contributed by atoms with Crippen LogP contribution in [0.25, 0.3) is 0 Å². The molecule has 0 spiro atoms. The summed E-state index contributed by atoms with van der Waals surface area (Å²) in [5, 5.41) is 21.3. The van der Waals surface area contributed by atoms with E-state index in [2.05, 4.69) is 5.32 Å². The molecule has 3 N–H and O–H groups in total. The molecule has 0 saturated heterocycles. The predicted octanol–water partition coefficient (Wildman–Crippen LogP) is 1.28. The van der Waals surface area contributed by atoms with Crippen LogP contribution in [0.15, 0.2) is 24.3 Å². The fourth-order valence-electron chi connectivity index (χ4n) is 1.96. The van der Waals surface area contributed by atoms with Crippen LogP contribution in [0.1, 0.15) is 29.6 Å². The molecule has 1 saturated carbocycles. The van der Waals surface area contributed by atoms with E-state index in [1.807, 2.05) is 0 Å². The van der Waals surface area contributed by atoms with Gasteiger partial charge in [-0.05, 0) is 36.8 Å². The normalized spacial score (nSPS) is 16.5. The zero-order valence-corrected chi connectivity index (χ0v) is 9.65. The van der Waals surface area contributed by atoms with Gasteiger partial charge in [0.1, 0.15) is 5.75 Å². The summed E-state index contributed by atoms with van der Waals surface area (Å²) in [5.74, 6) is -0.260. The van der Waals surface area contributed by atoms with Crippen LogP contribution in [0, 0.1) is 5.41 Å². The largest absolute Gasteiger partial charge is 0.507 e. The van der Waals surface area contributed by atoms with Gasteiger partial charge in [0.25, 0.3) is 5.91 Å². The number of rotatable bonds is 5. The second kappa shape index (κ2) is 4.75. The molecule has 1 aliphatic rings. The zero-order chi connectivity index (χ0) is 12.3. The third-order valence-electron chi connectivity index (χ3n) is 3.37. The molecule has 2 rings (SSSR count). The van der Waals surface area contributed by atoms with Crippen molar-refractivity contribution >= 4 is 5.91 Å². The van der Waals surface area contributed by atoms with Gasteiger partial charge in [-0.25, -0.2) is 0 Å². The van der Waals surface area contributed by atoms with Crippen molar-refractivity contribution in [2.75, 3.05) is 13.2 Å². The highest BCUT2D eigenvalue weighted by Crippen LogP contribution is 2.47. The van der Waals surface area contributed by atoms with Gasteiger partial charge < -0.3 is 15.5 Å². The first kappa shape index (κ1) is 11.9. The van der Waals surface area contributed by atoms with Crippen molar-refractivity contribution < 1.29 is 15.0 Å². The summed E-state index contributed by atoms with van der Waals surface area (Å²) in [4.78, 5) is 11.8. The SMILES string of the molecule is O=C(NCC1(CCO)CC1)c1ccccc1O. The minimum atomic E-state index is -0.257. The van der Waals surface area contributed by atoms with Gasteiger partial charge >= 0.3 is 0 Å². The lowest BCUT2D eigenvalue weighted by molar-refractivity contribution is 0.0938. The summed E-state index contributed by atoms with van der Waals surface area (Å²) in [6.07, 6.45) is 2.83. The van der Waals surface area contributed by atoms with Crippen LogP contribution < -0.4 is 5.32 Å². The number of benzene rings is 1. The first-order valence-corrected chi connectivity index (χ1v) is 5.84. The molecule has 4 nitrogen and oxygen atoms in total. The van der Waals surface area contributed by atoms with Gasteiger partial charge in [0.2, 0.25) is 0 Å². The van der Waals surface area contributed by atoms with E-state index in [1.165, 1.54) is 6.07 Å². The maximum Gasteiger partial charge on any atom is 0.255 e. The van der Waals surface area contributed by atoms with Crippen molar-refractivity contribution in [1.29, 1.82) is 0 Å². The third-order valence-corrected chi connectivity index (χ3v) is 3.37. The summed E-state index contributed by atoms with van der Waals surface area (Å²) in [6.45, 7) is 0.729. The Labute approximate surface area is 100 Å². The number of aliphatic hydroxyl groups is 1. The standard InChI is InChI=1S/C13H17NO3/c15-8-7-13(5-6-13)9-14-12(17)10-3-1-2-4-11(10)16/h1-4,15-16H,5-9H2,(H,14,17). The van der Waals surface area contributed by atoms with Gasteiger partial charge in [0.05, 0.1) is 5.56 Å². The van der Waals surface area contributed by atoms with Crippen molar-refractivity contribution in [1.82, 2.24) is 5.32 Å². The number of amides is 1. The van der Waals surface area contributed by atoms with Crippen molar-refractivity contribution in [3.8, 4) is 5.75 Å². The van der Waals surface area contributed by atoms with Gasteiger partial charge in [0.15, 0.2) is 0 Å². The number of hydrogen-bond donors (Lipinski definition) is 3. The molecule has 0 aliphatic heterocycles. The molecule has 0 radical (unpaired) electrons. The Balaban J connectivity index is 1.92. The lowest BCUT2D eigenvalue weighted by atomic mass is 10.0. The van der Waals surface area contributed by atoms with Crippen LogP contribution >= 0.6 is 0 Å². The Kier molecular flexibility index (Phi) is 3.33. The van der Waals surface area contributed by atoms with E-state index in [0.29, 0.717) is 12.1 Å². The summed E-state index contributed by atoms with van der Waals surface area (Å²) in [5.41, 5.74) is 0.390. The quantitative estimate of drug-likeness (QED) is 0.720. The molecule has 17 heavy (non-hydrogen) atoms. The second-order valence-electron chi connectivity index (χ2n) is 4.67. The zero-order valence-electron chi connectivity index (χ0n) is 9.65. The van der Waals surface area contributed by atoms with Gasteiger partial charge in [-0.15, -0.1) is 0 Å². The number of nitrogens with one attached hydrogen (secondary N) is 1. The van der Waals surface area contributed by atoms with Gasteiger partial charge in [0, 0.05) is 13.2 Å². The van der Waals surface area contributed by atoms with E-state index in [1.54, 1.807) is 18.2 Å². The Bertz CT molecular complexity index is 413. The molecule has 0 unspecified atom stereocenters. The second-order valence-corrected chi connectivity index (χ2v) is 4.67. The number of carbonyl (C=O) groups is 1. The van der Waals surface area contributed by atoms with Gasteiger partial charge in [-0.1, -0.05) is 12.1 Å². The highest BCUT2D eigenvalue weighted by Gasteiger charge is 2.41. The highest BCUT2D eigenvalue weighted by molar-refractivity contribution is 5.96. The molecule has 0 heterocycles. The number of para-hydroxylation sites is 1.